The topological polar surface area (TPSA) is 80.5 Å². The van der Waals surface area contributed by atoms with Crippen LogP contribution in [0, 0.1) is 0 Å². The van der Waals surface area contributed by atoms with Gasteiger partial charge >= 0.3 is 6.03 Å². The standard InChI is InChI=1S/C18H21FN4O3/c19-18(16-21-15(22-26-16)13-5-2-1-3-6-13)8-9-23(12-18)17(24)20-11-14-7-4-10-25-14/h1-3,5-6,14H,4,7-12H2,(H,20,24). The normalized spacial score (nSPS) is 25.6. The van der Waals surface area contributed by atoms with Crippen molar-refractivity contribution in [1.29, 1.82) is 0 Å². The molecule has 2 aliphatic heterocycles. The second-order valence-corrected chi connectivity index (χ2v) is 6.75. The third-order valence-corrected chi connectivity index (χ3v) is 4.85. The highest BCUT2D eigenvalue weighted by Crippen LogP contribution is 2.36. The van der Waals surface area contributed by atoms with Gasteiger partial charge in [-0.2, -0.15) is 4.98 Å². The molecule has 2 aliphatic rings. The van der Waals surface area contributed by atoms with Gasteiger partial charge in [-0.25, -0.2) is 9.18 Å². The maximum Gasteiger partial charge on any atom is 0.317 e. The van der Waals surface area contributed by atoms with E-state index in [0.717, 1.165) is 25.0 Å². The minimum absolute atomic E-state index is 0.0565. The molecule has 1 aromatic carbocycles. The molecule has 0 spiro atoms. The fraction of sp³-hybridized carbons (Fsp3) is 0.500. The van der Waals surface area contributed by atoms with Crippen LogP contribution in [0.2, 0.25) is 0 Å². The summed E-state index contributed by atoms with van der Waals surface area (Å²) < 4.78 is 25.9. The molecule has 2 amide bonds. The molecule has 0 saturated carbocycles. The number of hydrogen-bond donors (Lipinski definition) is 1. The predicted molar refractivity (Wildman–Crippen MR) is 91.1 cm³/mol. The number of nitrogens with zero attached hydrogens (tertiary/aromatic N) is 3. The Kier molecular flexibility index (Phi) is 4.58. The van der Waals surface area contributed by atoms with E-state index >= 15 is 4.39 Å². The first-order valence-electron chi connectivity index (χ1n) is 8.87. The van der Waals surface area contributed by atoms with Crippen molar-refractivity contribution in [3.8, 4) is 11.4 Å². The van der Waals surface area contributed by atoms with E-state index < -0.39 is 5.67 Å². The van der Waals surface area contributed by atoms with E-state index in [1.807, 2.05) is 30.3 Å². The quantitative estimate of drug-likeness (QED) is 0.906. The highest BCUT2D eigenvalue weighted by Gasteiger charge is 2.46. The zero-order chi connectivity index (χ0) is 18.0. The van der Waals surface area contributed by atoms with Crippen molar-refractivity contribution >= 4 is 6.03 Å². The smallest absolute Gasteiger partial charge is 0.317 e. The van der Waals surface area contributed by atoms with E-state index in [-0.39, 0.29) is 31.0 Å². The fourth-order valence-electron chi connectivity index (χ4n) is 3.35. The third kappa shape index (κ3) is 3.41. The summed E-state index contributed by atoms with van der Waals surface area (Å²) in [4.78, 5) is 17.9. The van der Waals surface area contributed by atoms with Gasteiger partial charge in [0.1, 0.15) is 0 Å². The number of aromatic nitrogens is 2. The number of carbonyl (C=O) groups is 1. The monoisotopic (exact) mass is 360 g/mol. The predicted octanol–water partition coefficient (Wildman–Crippen LogP) is 2.50. The minimum Gasteiger partial charge on any atom is -0.376 e. The molecule has 2 aromatic rings. The van der Waals surface area contributed by atoms with Gasteiger partial charge in [0.25, 0.3) is 5.89 Å². The molecule has 0 aliphatic carbocycles. The summed E-state index contributed by atoms with van der Waals surface area (Å²) in [5.74, 6) is 0.268. The maximum atomic E-state index is 15.3. The zero-order valence-electron chi connectivity index (χ0n) is 14.4. The number of amides is 2. The first kappa shape index (κ1) is 17.0. The van der Waals surface area contributed by atoms with Gasteiger partial charge in [-0.05, 0) is 12.8 Å². The number of urea groups is 1. The summed E-state index contributed by atoms with van der Waals surface area (Å²) in [7, 11) is 0. The molecular formula is C18H21FN4O3. The van der Waals surface area contributed by atoms with Crippen molar-refractivity contribution in [1.82, 2.24) is 20.4 Å². The molecule has 7 nitrogen and oxygen atoms in total. The molecule has 1 aromatic heterocycles. The SMILES string of the molecule is O=C(NCC1CCCO1)N1CCC(F)(c2nc(-c3ccccc3)no2)C1. The Morgan fingerprint density at radius 3 is 3.00 bits per heavy atom. The van der Waals surface area contributed by atoms with E-state index in [2.05, 4.69) is 15.5 Å². The summed E-state index contributed by atoms with van der Waals surface area (Å²) in [5.41, 5.74) is -1.06. The Labute approximate surface area is 150 Å². The molecular weight excluding hydrogens is 339 g/mol. The molecule has 2 fully saturated rings. The van der Waals surface area contributed by atoms with Gasteiger partial charge in [-0.15, -0.1) is 0 Å². The van der Waals surface area contributed by atoms with Crippen LogP contribution in [0.5, 0.6) is 0 Å². The van der Waals surface area contributed by atoms with Gasteiger partial charge in [0.15, 0.2) is 0 Å². The van der Waals surface area contributed by atoms with Crippen LogP contribution in [0.15, 0.2) is 34.9 Å². The van der Waals surface area contributed by atoms with Crippen molar-refractivity contribution in [3.05, 3.63) is 36.2 Å². The van der Waals surface area contributed by atoms with E-state index in [0.29, 0.717) is 18.9 Å². The summed E-state index contributed by atoms with van der Waals surface area (Å²) in [5, 5.41) is 6.69. The second-order valence-electron chi connectivity index (χ2n) is 6.75. The van der Waals surface area contributed by atoms with Crippen molar-refractivity contribution < 1.29 is 18.4 Å². The van der Waals surface area contributed by atoms with Crippen LogP contribution in [0.1, 0.15) is 25.2 Å². The number of nitrogens with one attached hydrogen (secondary N) is 1. The lowest BCUT2D eigenvalue weighted by Crippen LogP contribution is -2.42. The van der Waals surface area contributed by atoms with Crippen molar-refractivity contribution in [2.45, 2.75) is 31.0 Å². The van der Waals surface area contributed by atoms with Gasteiger partial charge in [0.05, 0.1) is 12.6 Å². The van der Waals surface area contributed by atoms with Crippen LogP contribution in [0.25, 0.3) is 11.4 Å². The number of rotatable bonds is 4. The summed E-state index contributed by atoms with van der Waals surface area (Å²) in [6, 6.07) is 8.96. The summed E-state index contributed by atoms with van der Waals surface area (Å²) in [6.07, 6.45) is 2.15. The van der Waals surface area contributed by atoms with Gasteiger partial charge in [-0.1, -0.05) is 35.5 Å². The van der Waals surface area contributed by atoms with Crippen LogP contribution < -0.4 is 5.32 Å². The first-order chi connectivity index (χ1) is 12.6. The zero-order valence-corrected chi connectivity index (χ0v) is 14.4. The molecule has 0 bridgehead atoms. The minimum atomic E-state index is -1.82. The number of alkyl halides is 1. The molecule has 2 saturated heterocycles. The maximum absolute atomic E-state index is 15.3. The highest BCUT2D eigenvalue weighted by molar-refractivity contribution is 5.74. The van der Waals surface area contributed by atoms with Crippen LogP contribution in [-0.2, 0) is 10.4 Å². The molecule has 26 heavy (non-hydrogen) atoms. The largest absolute Gasteiger partial charge is 0.376 e. The summed E-state index contributed by atoms with van der Waals surface area (Å²) >= 11 is 0. The second kappa shape index (κ2) is 7.03. The van der Waals surface area contributed by atoms with E-state index in [1.54, 1.807) is 0 Å². The number of likely N-dealkylation sites (tertiary alicyclic amines) is 1. The molecule has 2 atom stereocenters. The number of carbonyl (C=O) groups excluding carboxylic acids is 1. The Balaban J connectivity index is 1.38. The third-order valence-electron chi connectivity index (χ3n) is 4.85. The first-order valence-corrected chi connectivity index (χ1v) is 8.87. The molecule has 0 radical (unpaired) electrons. The molecule has 138 valence electrons. The highest BCUT2D eigenvalue weighted by atomic mass is 19.1. The molecule has 2 unspecified atom stereocenters. The van der Waals surface area contributed by atoms with Crippen molar-refractivity contribution in [3.63, 3.8) is 0 Å². The van der Waals surface area contributed by atoms with Gasteiger partial charge in [0, 0.05) is 31.7 Å². The van der Waals surface area contributed by atoms with Crippen molar-refractivity contribution in [2.24, 2.45) is 0 Å². The number of hydrogen-bond acceptors (Lipinski definition) is 5. The Hall–Kier alpha value is -2.48. The fourth-order valence-corrected chi connectivity index (χ4v) is 3.35. The Morgan fingerprint density at radius 1 is 1.38 bits per heavy atom. The lowest BCUT2D eigenvalue weighted by atomic mass is 10.1. The lowest BCUT2D eigenvalue weighted by Gasteiger charge is -2.19. The van der Waals surface area contributed by atoms with E-state index in [9.17, 15) is 4.79 Å². The lowest BCUT2D eigenvalue weighted by molar-refractivity contribution is 0.105. The number of halogens is 1. The van der Waals surface area contributed by atoms with Crippen LogP contribution >= 0.6 is 0 Å². The molecule has 1 N–H and O–H groups in total. The van der Waals surface area contributed by atoms with Crippen LogP contribution in [0.3, 0.4) is 0 Å². The van der Waals surface area contributed by atoms with Gasteiger partial charge < -0.3 is 19.5 Å². The van der Waals surface area contributed by atoms with Crippen LogP contribution in [-0.4, -0.2) is 53.4 Å². The number of benzene rings is 1. The molecule has 4 rings (SSSR count). The Bertz CT molecular complexity index is 763. The average molecular weight is 360 g/mol. The van der Waals surface area contributed by atoms with Gasteiger partial charge in [0.2, 0.25) is 11.5 Å². The van der Waals surface area contributed by atoms with Crippen molar-refractivity contribution in [2.75, 3.05) is 26.2 Å². The Morgan fingerprint density at radius 2 is 2.23 bits per heavy atom. The average Bonchev–Trinajstić information content (AvgIpc) is 3.41. The van der Waals surface area contributed by atoms with Gasteiger partial charge in [-0.3, -0.25) is 0 Å². The van der Waals surface area contributed by atoms with E-state index in [4.69, 9.17) is 9.26 Å². The molecule has 8 heteroatoms. The summed E-state index contributed by atoms with van der Waals surface area (Å²) in [6.45, 7) is 1.39. The van der Waals surface area contributed by atoms with E-state index in [1.165, 1.54) is 4.90 Å². The van der Waals surface area contributed by atoms with Crippen LogP contribution in [0.4, 0.5) is 9.18 Å². The molecule has 3 heterocycles. The number of ether oxygens (including phenoxy) is 1.